The summed E-state index contributed by atoms with van der Waals surface area (Å²) in [6, 6.07) is 4.95. The molecule has 1 unspecified atom stereocenters. The highest BCUT2D eigenvalue weighted by atomic mass is 19.1. The van der Waals surface area contributed by atoms with Gasteiger partial charge in [-0.15, -0.1) is 0 Å². The number of benzene rings is 1. The maximum absolute atomic E-state index is 13.4. The lowest BCUT2D eigenvalue weighted by Gasteiger charge is -2.30. The molecule has 0 amide bonds. The maximum Gasteiger partial charge on any atom is 0.155 e. The molecule has 1 rings (SSSR count). The fourth-order valence-corrected chi connectivity index (χ4v) is 1.62. The fourth-order valence-electron chi connectivity index (χ4n) is 1.62. The van der Waals surface area contributed by atoms with Gasteiger partial charge in [0.25, 0.3) is 0 Å². The SMILES string of the molecule is CC(C)C(C)N(C)c1cccc(F)c1C=O. The monoisotopic (exact) mass is 223 g/mol. The first-order chi connectivity index (χ1) is 7.49. The minimum Gasteiger partial charge on any atom is -0.371 e. The molecule has 0 bridgehead atoms. The predicted octanol–water partition coefficient (Wildman–Crippen LogP) is 3.12. The molecule has 3 heteroatoms. The highest BCUT2D eigenvalue weighted by Crippen LogP contribution is 2.24. The van der Waals surface area contributed by atoms with Gasteiger partial charge in [-0.1, -0.05) is 19.9 Å². The number of carbonyl (C=O) groups is 1. The van der Waals surface area contributed by atoms with E-state index in [1.807, 2.05) is 11.9 Å². The first-order valence-corrected chi connectivity index (χ1v) is 5.45. The van der Waals surface area contributed by atoms with Gasteiger partial charge in [0.15, 0.2) is 6.29 Å². The Morgan fingerprint density at radius 1 is 1.31 bits per heavy atom. The summed E-state index contributed by atoms with van der Waals surface area (Å²) in [4.78, 5) is 12.8. The van der Waals surface area contributed by atoms with Crippen LogP contribution in [-0.4, -0.2) is 19.4 Å². The normalized spacial score (nSPS) is 12.6. The van der Waals surface area contributed by atoms with Crippen LogP contribution < -0.4 is 4.90 Å². The minimum atomic E-state index is -0.463. The Morgan fingerprint density at radius 3 is 2.44 bits per heavy atom. The van der Waals surface area contributed by atoms with E-state index >= 15 is 0 Å². The zero-order chi connectivity index (χ0) is 12.3. The van der Waals surface area contributed by atoms with Crippen LogP contribution in [0.3, 0.4) is 0 Å². The lowest BCUT2D eigenvalue weighted by molar-refractivity contribution is 0.112. The average Bonchev–Trinajstić information content (AvgIpc) is 2.26. The number of aldehydes is 1. The number of hydrogen-bond donors (Lipinski definition) is 0. The second-order valence-corrected chi connectivity index (χ2v) is 4.39. The summed E-state index contributed by atoms with van der Waals surface area (Å²) in [5, 5.41) is 0. The zero-order valence-corrected chi connectivity index (χ0v) is 10.2. The molecule has 0 radical (unpaired) electrons. The van der Waals surface area contributed by atoms with E-state index in [0.717, 1.165) is 0 Å². The number of anilines is 1. The Morgan fingerprint density at radius 2 is 1.94 bits per heavy atom. The molecule has 1 atom stereocenters. The van der Waals surface area contributed by atoms with E-state index in [-0.39, 0.29) is 11.6 Å². The molecule has 0 aliphatic rings. The third-order valence-corrected chi connectivity index (χ3v) is 3.10. The van der Waals surface area contributed by atoms with Crippen LogP contribution in [0.1, 0.15) is 31.1 Å². The van der Waals surface area contributed by atoms with Crippen molar-refractivity contribution in [3.05, 3.63) is 29.6 Å². The topological polar surface area (TPSA) is 20.3 Å². The Labute approximate surface area is 96.1 Å². The molecule has 0 saturated heterocycles. The summed E-state index contributed by atoms with van der Waals surface area (Å²) in [6.45, 7) is 6.26. The van der Waals surface area contributed by atoms with Crippen LogP contribution in [0.5, 0.6) is 0 Å². The van der Waals surface area contributed by atoms with Crippen LogP contribution in [0.25, 0.3) is 0 Å². The molecule has 0 spiro atoms. The van der Waals surface area contributed by atoms with E-state index in [4.69, 9.17) is 0 Å². The van der Waals surface area contributed by atoms with Crippen molar-refractivity contribution in [3.8, 4) is 0 Å². The summed E-state index contributed by atoms with van der Waals surface area (Å²) in [7, 11) is 1.88. The van der Waals surface area contributed by atoms with Crippen molar-refractivity contribution in [2.45, 2.75) is 26.8 Å². The first-order valence-electron chi connectivity index (χ1n) is 5.45. The number of carbonyl (C=O) groups excluding carboxylic acids is 1. The molecule has 1 aromatic carbocycles. The van der Waals surface area contributed by atoms with E-state index in [0.29, 0.717) is 17.9 Å². The molecule has 2 nitrogen and oxygen atoms in total. The summed E-state index contributed by atoms with van der Waals surface area (Å²) in [6.07, 6.45) is 0.578. The molecule has 1 aromatic rings. The van der Waals surface area contributed by atoms with Crippen molar-refractivity contribution in [2.24, 2.45) is 5.92 Å². The molecule has 0 aliphatic carbocycles. The van der Waals surface area contributed by atoms with Crippen molar-refractivity contribution in [1.82, 2.24) is 0 Å². The highest BCUT2D eigenvalue weighted by molar-refractivity contribution is 5.85. The summed E-state index contributed by atoms with van der Waals surface area (Å²) >= 11 is 0. The quantitative estimate of drug-likeness (QED) is 0.731. The highest BCUT2D eigenvalue weighted by Gasteiger charge is 2.17. The van der Waals surface area contributed by atoms with E-state index in [1.165, 1.54) is 6.07 Å². The van der Waals surface area contributed by atoms with Gasteiger partial charge in [-0.25, -0.2) is 4.39 Å². The van der Waals surface area contributed by atoms with Gasteiger partial charge in [0, 0.05) is 13.1 Å². The lowest BCUT2D eigenvalue weighted by Crippen LogP contribution is -2.33. The summed E-state index contributed by atoms with van der Waals surface area (Å²) < 4.78 is 13.4. The molecule has 88 valence electrons. The lowest BCUT2D eigenvalue weighted by atomic mass is 10.0. The minimum absolute atomic E-state index is 0.137. The first kappa shape index (κ1) is 12.7. The fraction of sp³-hybridized carbons (Fsp3) is 0.462. The van der Waals surface area contributed by atoms with Crippen LogP contribution >= 0.6 is 0 Å². The van der Waals surface area contributed by atoms with Crippen molar-refractivity contribution < 1.29 is 9.18 Å². The van der Waals surface area contributed by atoms with Crippen molar-refractivity contribution in [2.75, 3.05) is 11.9 Å². The van der Waals surface area contributed by atoms with Gasteiger partial charge >= 0.3 is 0 Å². The van der Waals surface area contributed by atoms with Gasteiger partial charge in [0.05, 0.1) is 11.3 Å². The summed E-state index contributed by atoms with van der Waals surface area (Å²) in [5.41, 5.74) is 0.786. The number of hydrogen-bond acceptors (Lipinski definition) is 2. The molecule has 0 N–H and O–H groups in total. The second kappa shape index (κ2) is 5.10. The van der Waals surface area contributed by atoms with Crippen molar-refractivity contribution in [3.63, 3.8) is 0 Å². The molecule has 0 heterocycles. The molecule has 0 fully saturated rings. The molecule has 16 heavy (non-hydrogen) atoms. The average molecular weight is 223 g/mol. The third kappa shape index (κ3) is 2.40. The van der Waals surface area contributed by atoms with Gasteiger partial charge in [-0.2, -0.15) is 0 Å². The van der Waals surface area contributed by atoms with Crippen LogP contribution in [0.15, 0.2) is 18.2 Å². The van der Waals surface area contributed by atoms with E-state index in [1.54, 1.807) is 12.1 Å². The van der Waals surface area contributed by atoms with E-state index in [2.05, 4.69) is 20.8 Å². The smallest absolute Gasteiger partial charge is 0.155 e. The molecule has 0 saturated carbocycles. The molecule has 0 aromatic heterocycles. The van der Waals surface area contributed by atoms with Gasteiger partial charge in [0.2, 0.25) is 0 Å². The van der Waals surface area contributed by atoms with Crippen LogP contribution in [-0.2, 0) is 0 Å². The molecule has 0 aliphatic heterocycles. The van der Waals surface area contributed by atoms with Crippen LogP contribution in [0.2, 0.25) is 0 Å². The van der Waals surface area contributed by atoms with Gasteiger partial charge in [-0.05, 0) is 25.0 Å². The Hall–Kier alpha value is -1.38. The van der Waals surface area contributed by atoms with Crippen molar-refractivity contribution in [1.29, 1.82) is 0 Å². The second-order valence-electron chi connectivity index (χ2n) is 4.39. The van der Waals surface area contributed by atoms with Gasteiger partial charge in [-0.3, -0.25) is 4.79 Å². The van der Waals surface area contributed by atoms with Crippen LogP contribution in [0.4, 0.5) is 10.1 Å². The van der Waals surface area contributed by atoms with Crippen molar-refractivity contribution >= 4 is 12.0 Å². The number of halogens is 1. The molecular formula is C13H18FNO. The predicted molar refractivity (Wildman–Crippen MR) is 64.5 cm³/mol. The largest absolute Gasteiger partial charge is 0.371 e. The Kier molecular flexibility index (Phi) is 4.05. The zero-order valence-electron chi connectivity index (χ0n) is 10.2. The van der Waals surface area contributed by atoms with E-state index in [9.17, 15) is 9.18 Å². The standard InChI is InChI=1S/C13H18FNO/c1-9(2)10(3)15(4)13-7-5-6-12(14)11(13)8-16/h5-10H,1-4H3. The molecular weight excluding hydrogens is 205 g/mol. The Balaban J connectivity index is 3.12. The number of nitrogens with zero attached hydrogens (tertiary/aromatic N) is 1. The Bertz CT molecular complexity index is 376. The maximum atomic E-state index is 13.4. The third-order valence-electron chi connectivity index (χ3n) is 3.10. The summed E-state index contributed by atoms with van der Waals surface area (Å²) in [5.74, 6) is -0.0249. The van der Waals surface area contributed by atoms with Gasteiger partial charge in [0.1, 0.15) is 5.82 Å². The van der Waals surface area contributed by atoms with Gasteiger partial charge < -0.3 is 4.90 Å². The van der Waals surface area contributed by atoms with E-state index < -0.39 is 5.82 Å². The number of rotatable bonds is 4. The van der Waals surface area contributed by atoms with Crippen LogP contribution in [0, 0.1) is 11.7 Å².